The largest absolute Gasteiger partial charge is 0.493 e. The molecule has 1 N–H and O–H groups in total. The second kappa shape index (κ2) is 9.19. The Kier molecular flexibility index (Phi) is 6.44. The number of ether oxygens (including phenoxy) is 1. The van der Waals surface area contributed by atoms with E-state index in [1.165, 1.54) is 16.7 Å². The first-order valence-corrected chi connectivity index (χ1v) is 9.73. The van der Waals surface area contributed by atoms with Crippen molar-refractivity contribution in [3.05, 3.63) is 75.3 Å². The molecule has 2 aromatic heterocycles. The highest BCUT2D eigenvalue weighted by Gasteiger charge is 2.13. The van der Waals surface area contributed by atoms with Crippen molar-refractivity contribution in [2.24, 2.45) is 0 Å². The van der Waals surface area contributed by atoms with Crippen LogP contribution in [-0.4, -0.2) is 27.1 Å². The minimum Gasteiger partial charge on any atom is -0.493 e. The highest BCUT2D eigenvalue weighted by atomic mass is 16.5. The van der Waals surface area contributed by atoms with Gasteiger partial charge in [0, 0.05) is 17.3 Å². The Morgan fingerprint density at radius 2 is 1.97 bits per heavy atom. The third-order valence-corrected chi connectivity index (χ3v) is 4.62. The summed E-state index contributed by atoms with van der Waals surface area (Å²) in [4.78, 5) is 29.0. The lowest BCUT2D eigenvalue weighted by atomic mass is 10.1. The third-order valence-electron chi connectivity index (χ3n) is 4.62. The van der Waals surface area contributed by atoms with Crippen molar-refractivity contribution in [1.29, 1.82) is 0 Å². The van der Waals surface area contributed by atoms with Crippen molar-refractivity contribution in [1.82, 2.24) is 9.38 Å². The number of fused-ring (bicyclic) bond motifs is 1. The van der Waals surface area contributed by atoms with Gasteiger partial charge in [0.15, 0.2) is 0 Å². The molecule has 0 radical (unpaired) electrons. The first-order valence-electron chi connectivity index (χ1n) is 9.73. The van der Waals surface area contributed by atoms with E-state index < -0.39 is 5.97 Å². The van der Waals surface area contributed by atoms with Gasteiger partial charge in [-0.2, -0.15) is 0 Å². The van der Waals surface area contributed by atoms with Gasteiger partial charge in [0.1, 0.15) is 11.4 Å². The number of rotatable bonds is 8. The van der Waals surface area contributed by atoms with Crippen LogP contribution < -0.4 is 10.3 Å². The van der Waals surface area contributed by atoms with Crippen LogP contribution in [-0.2, 0) is 6.42 Å². The summed E-state index contributed by atoms with van der Waals surface area (Å²) in [5.41, 5.74) is 2.31. The normalized spacial score (nSPS) is 11.2. The zero-order valence-electron chi connectivity index (χ0n) is 16.6. The number of aromatic nitrogens is 2. The van der Waals surface area contributed by atoms with E-state index in [2.05, 4.69) is 11.9 Å². The number of hydrogen-bond acceptors (Lipinski definition) is 4. The number of aromatic carboxylic acids is 1. The fraction of sp³-hybridized carbons (Fsp3) is 0.261. The lowest BCUT2D eigenvalue weighted by Crippen LogP contribution is -2.22. The van der Waals surface area contributed by atoms with Crippen molar-refractivity contribution < 1.29 is 14.6 Å². The molecule has 150 valence electrons. The SMILES string of the molecule is CCCCc1c(/C=C/c2ccccc2OCC)nc2ccc(C(=O)O)cn2c1=O. The third kappa shape index (κ3) is 4.54. The zero-order valence-corrected chi connectivity index (χ0v) is 16.6. The molecule has 0 unspecified atom stereocenters. The number of pyridine rings is 1. The number of hydrogen-bond donors (Lipinski definition) is 1. The average Bonchev–Trinajstić information content (AvgIpc) is 2.72. The molecule has 0 bridgehead atoms. The molecule has 3 aromatic rings. The minimum absolute atomic E-state index is 0.0526. The molecule has 0 saturated heterocycles. The Morgan fingerprint density at radius 1 is 1.17 bits per heavy atom. The van der Waals surface area contributed by atoms with Gasteiger partial charge in [-0.25, -0.2) is 9.78 Å². The van der Waals surface area contributed by atoms with Crippen LogP contribution in [0.4, 0.5) is 0 Å². The van der Waals surface area contributed by atoms with Crippen LogP contribution in [0.3, 0.4) is 0 Å². The van der Waals surface area contributed by atoms with E-state index in [9.17, 15) is 14.7 Å². The molecule has 1 aromatic carbocycles. The number of para-hydroxylation sites is 1. The van der Waals surface area contributed by atoms with Crippen molar-refractivity contribution in [2.45, 2.75) is 33.1 Å². The van der Waals surface area contributed by atoms with Gasteiger partial charge in [-0.3, -0.25) is 9.20 Å². The van der Waals surface area contributed by atoms with E-state index in [0.717, 1.165) is 24.2 Å². The van der Waals surface area contributed by atoms with E-state index in [1.807, 2.05) is 43.3 Å². The standard InChI is InChI=1S/C23H24N2O4/c1-3-5-9-18-19(13-11-16-8-6-7-10-20(16)29-4-2)24-21-14-12-17(23(27)28)15-25(21)22(18)26/h6-8,10-15H,3-5,9H2,1-2H3,(H,27,28)/b13-11+. The van der Waals surface area contributed by atoms with Crippen LogP contribution in [0.2, 0.25) is 0 Å². The summed E-state index contributed by atoms with van der Waals surface area (Å²) >= 11 is 0. The molecule has 0 amide bonds. The summed E-state index contributed by atoms with van der Waals surface area (Å²) in [5.74, 6) is -0.310. The highest BCUT2D eigenvalue weighted by Crippen LogP contribution is 2.21. The molecule has 6 heteroatoms. The quantitative estimate of drug-likeness (QED) is 0.618. The van der Waals surface area contributed by atoms with E-state index >= 15 is 0 Å². The van der Waals surface area contributed by atoms with E-state index in [1.54, 1.807) is 6.07 Å². The predicted molar refractivity (Wildman–Crippen MR) is 114 cm³/mol. The molecule has 0 aliphatic carbocycles. The molecular formula is C23H24N2O4. The monoisotopic (exact) mass is 392 g/mol. The van der Waals surface area contributed by atoms with Gasteiger partial charge in [0.2, 0.25) is 0 Å². The summed E-state index contributed by atoms with van der Waals surface area (Å²) in [6, 6.07) is 10.7. The highest BCUT2D eigenvalue weighted by molar-refractivity contribution is 5.87. The maximum atomic E-state index is 13.1. The van der Waals surface area contributed by atoms with Gasteiger partial charge in [0.05, 0.1) is 17.9 Å². The van der Waals surface area contributed by atoms with Gasteiger partial charge < -0.3 is 9.84 Å². The Bertz CT molecular complexity index is 1120. The Morgan fingerprint density at radius 3 is 2.69 bits per heavy atom. The maximum absolute atomic E-state index is 13.1. The fourth-order valence-electron chi connectivity index (χ4n) is 3.12. The molecule has 6 nitrogen and oxygen atoms in total. The zero-order chi connectivity index (χ0) is 20.8. The topological polar surface area (TPSA) is 80.9 Å². The van der Waals surface area contributed by atoms with Crippen molar-refractivity contribution in [2.75, 3.05) is 6.61 Å². The van der Waals surface area contributed by atoms with Crippen LogP contribution >= 0.6 is 0 Å². The summed E-state index contributed by atoms with van der Waals surface area (Å²) in [7, 11) is 0. The van der Waals surface area contributed by atoms with Gasteiger partial charge in [-0.05, 0) is 50.1 Å². The molecule has 29 heavy (non-hydrogen) atoms. The molecule has 0 aliphatic rings. The summed E-state index contributed by atoms with van der Waals surface area (Å²) in [6.07, 6.45) is 7.42. The van der Waals surface area contributed by atoms with E-state index in [4.69, 9.17) is 4.74 Å². The predicted octanol–water partition coefficient (Wildman–Crippen LogP) is 4.30. The van der Waals surface area contributed by atoms with Crippen molar-refractivity contribution in [3.8, 4) is 5.75 Å². The van der Waals surface area contributed by atoms with Gasteiger partial charge in [0.25, 0.3) is 5.56 Å². The molecule has 3 rings (SSSR count). The van der Waals surface area contributed by atoms with Crippen molar-refractivity contribution in [3.63, 3.8) is 0 Å². The van der Waals surface area contributed by atoms with E-state index in [0.29, 0.717) is 29.9 Å². The van der Waals surface area contributed by atoms with Crippen molar-refractivity contribution >= 4 is 23.8 Å². The van der Waals surface area contributed by atoms with Gasteiger partial charge in [-0.15, -0.1) is 0 Å². The molecule has 0 atom stereocenters. The second-order valence-corrected chi connectivity index (χ2v) is 6.64. The van der Waals surface area contributed by atoms with Crippen LogP contribution in [0.15, 0.2) is 47.4 Å². The lowest BCUT2D eigenvalue weighted by Gasteiger charge is -2.10. The number of carboxylic acid groups (broad SMARTS) is 1. The first-order chi connectivity index (χ1) is 14.0. The molecule has 2 heterocycles. The molecule has 0 fully saturated rings. The molecular weight excluding hydrogens is 368 g/mol. The van der Waals surface area contributed by atoms with Crippen LogP contribution in [0, 0.1) is 0 Å². The van der Waals surface area contributed by atoms with Crippen LogP contribution in [0.5, 0.6) is 5.75 Å². The number of carbonyl (C=O) groups is 1. The molecule has 0 aliphatic heterocycles. The van der Waals surface area contributed by atoms with E-state index in [-0.39, 0.29) is 11.1 Å². The molecule has 0 saturated carbocycles. The molecule has 0 spiro atoms. The number of carboxylic acids is 1. The Hall–Kier alpha value is -3.41. The summed E-state index contributed by atoms with van der Waals surface area (Å²) < 4.78 is 6.98. The Labute approximate surface area is 169 Å². The number of unbranched alkanes of at least 4 members (excludes halogenated alkanes) is 1. The van der Waals surface area contributed by atoms with Crippen LogP contribution in [0.25, 0.3) is 17.8 Å². The van der Waals surface area contributed by atoms with Crippen LogP contribution in [0.1, 0.15) is 53.9 Å². The number of nitrogens with zero attached hydrogens (tertiary/aromatic N) is 2. The second-order valence-electron chi connectivity index (χ2n) is 6.64. The summed E-state index contributed by atoms with van der Waals surface area (Å²) in [6.45, 7) is 4.55. The average molecular weight is 392 g/mol. The minimum atomic E-state index is -1.08. The maximum Gasteiger partial charge on any atom is 0.337 e. The van der Waals surface area contributed by atoms with Gasteiger partial charge >= 0.3 is 5.97 Å². The fourth-order valence-corrected chi connectivity index (χ4v) is 3.12. The van der Waals surface area contributed by atoms with Gasteiger partial charge in [-0.1, -0.05) is 31.5 Å². The Balaban J connectivity index is 2.12. The first kappa shape index (κ1) is 20.3. The summed E-state index contributed by atoms with van der Waals surface area (Å²) in [5, 5.41) is 9.22. The smallest absolute Gasteiger partial charge is 0.337 e. The lowest BCUT2D eigenvalue weighted by molar-refractivity contribution is 0.0696. The number of benzene rings is 1.